The van der Waals surface area contributed by atoms with Crippen molar-refractivity contribution in [1.82, 2.24) is 0 Å². The van der Waals surface area contributed by atoms with Gasteiger partial charge in [0.1, 0.15) is 11.8 Å². The molecule has 0 saturated heterocycles. The lowest BCUT2D eigenvalue weighted by Crippen LogP contribution is -2.01. The van der Waals surface area contributed by atoms with Crippen LogP contribution >= 0.6 is 11.8 Å². The lowest BCUT2D eigenvalue weighted by molar-refractivity contribution is 0.318. The number of hydrogen-bond donors (Lipinski definition) is 0. The van der Waals surface area contributed by atoms with Crippen molar-refractivity contribution in [3.8, 4) is 11.8 Å². The molecule has 0 aliphatic heterocycles. The second kappa shape index (κ2) is 7.19. The average Bonchev–Trinajstić information content (AvgIpc) is 2.29. The molecule has 0 amide bonds. The number of hydrogen-bond acceptors (Lipinski definition) is 3. The van der Waals surface area contributed by atoms with Gasteiger partial charge in [-0.2, -0.15) is 17.0 Å². The predicted octanol–water partition coefficient (Wildman–Crippen LogP) is 3.47. The van der Waals surface area contributed by atoms with Crippen LogP contribution in [0.4, 0.5) is 0 Å². The molecule has 3 heteroatoms. The minimum atomic E-state index is 0.610. The average molecular weight is 235 g/mol. The summed E-state index contributed by atoms with van der Waals surface area (Å²) in [6.45, 7) is 5.06. The van der Waals surface area contributed by atoms with Gasteiger partial charge in [0.25, 0.3) is 0 Å². The summed E-state index contributed by atoms with van der Waals surface area (Å²) in [6.07, 6.45) is 1.02. The van der Waals surface area contributed by atoms with Crippen LogP contribution in [0.25, 0.3) is 0 Å². The van der Waals surface area contributed by atoms with Gasteiger partial charge in [-0.05, 0) is 29.6 Å². The Morgan fingerprint density at radius 3 is 2.81 bits per heavy atom. The van der Waals surface area contributed by atoms with E-state index in [4.69, 9.17) is 10.00 Å². The number of ether oxygens (including phenoxy) is 1. The van der Waals surface area contributed by atoms with Crippen LogP contribution in [0.15, 0.2) is 24.3 Å². The number of benzene rings is 1. The largest absolute Gasteiger partial charge is 0.492 e. The van der Waals surface area contributed by atoms with E-state index in [0.717, 1.165) is 12.2 Å². The summed E-state index contributed by atoms with van der Waals surface area (Å²) in [5.74, 6) is 1.80. The van der Waals surface area contributed by atoms with Crippen LogP contribution in [-0.4, -0.2) is 17.6 Å². The summed E-state index contributed by atoms with van der Waals surface area (Å²) in [4.78, 5) is 0. The molecule has 0 aromatic heterocycles. The molecule has 86 valence electrons. The van der Waals surface area contributed by atoms with Crippen molar-refractivity contribution in [2.24, 2.45) is 0 Å². The second-order valence-corrected chi connectivity index (χ2v) is 5.41. The molecule has 1 rings (SSSR count). The number of para-hydroxylation sites is 1. The van der Waals surface area contributed by atoms with Crippen molar-refractivity contribution in [2.45, 2.75) is 25.5 Å². The van der Waals surface area contributed by atoms with E-state index < -0.39 is 0 Å². The highest BCUT2D eigenvalue weighted by atomic mass is 32.2. The van der Waals surface area contributed by atoms with Gasteiger partial charge in [0.2, 0.25) is 0 Å². The van der Waals surface area contributed by atoms with Gasteiger partial charge >= 0.3 is 0 Å². The summed E-state index contributed by atoms with van der Waals surface area (Å²) in [5.41, 5.74) is 0.610. The molecule has 0 heterocycles. The number of rotatable bonds is 6. The van der Waals surface area contributed by atoms with Crippen LogP contribution in [0.1, 0.15) is 25.8 Å². The van der Waals surface area contributed by atoms with Crippen LogP contribution in [0.2, 0.25) is 0 Å². The van der Waals surface area contributed by atoms with E-state index in [2.05, 4.69) is 19.9 Å². The van der Waals surface area contributed by atoms with Gasteiger partial charge < -0.3 is 4.74 Å². The molecule has 1 aromatic rings. The van der Waals surface area contributed by atoms with Gasteiger partial charge in [-0.3, -0.25) is 0 Å². The SMILES string of the molecule is CC(C)SCCCOc1ccccc1C#N. The molecule has 0 spiro atoms. The molecule has 0 bridgehead atoms. The molecule has 0 atom stereocenters. The maximum absolute atomic E-state index is 8.86. The van der Waals surface area contributed by atoms with Crippen LogP contribution in [0.3, 0.4) is 0 Å². The quantitative estimate of drug-likeness (QED) is 0.708. The van der Waals surface area contributed by atoms with Gasteiger partial charge in [0, 0.05) is 0 Å². The molecule has 0 N–H and O–H groups in total. The Labute approximate surface area is 102 Å². The summed E-state index contributed by atoms with van der Waals surface area (Å²) >= 11 is 1.93. The highest BCUT2D eigenvalue weighted by molar-refractivity contribution is 7.99. The maximum atomic E-state index is 8.86. The Morgan fingerprint density at radius 1 is 1.38 bits per heavy atom. The first kappa shape index (κ1) is 12.9. The van der Waals surface area contributed by atoms with Crippen LogP contribution < -0.4 is 4.74 Å². The van der Waals surface area contributed by atoms with E-state index in [-0.39, 0.29) is 0 Å². The standard InChI is InChI=1S/C13H17NOS/c1-11(2)16-9-5-8-15-13-7-4-3-6-12(13)10-14/h3-4,6-7,11H,5,8-9H2,1-2H3. The van der Waals surface area contributed by atoms with Crippen LogP contribution in [0.5, 0.6) is 5.75 Å². The molecule has 2 nitrogen and oxygen atoms in total. The third kappa shape index (κ3) is 4.59. The first-order chi connectivity index (χ1) is 7.74. The monoisotopic (exact) mass is 235 g/mol. The van der Waals surface area contributed by atoms with E-state index in [1.165, 1.54) is 0 Å². The number of thioether (sulfide) groups is 1. The van der Waals surface area contributed by atoms with Gasteiger partial charge in [-0.15, -0.1) is 0 Å². The van der Waals surface area contributed by atoms with Gasteiger partial charge in [0.05, 0.1) is 12.2 Å². The van der Waals surface area contributed by atoms with Crippen molar-refractivity contribution >= 4 is 11.8 Å². The molecule has 0 aliphatic carbocycles. The van der Waals surface area contributed by atoms with Crippen molar-refractivity contribution < 1.29 is 4.74 Å². The van der Waals surface area contributed by atoms with E-state index in [9.17, 15) is 0 Å². The third-order valence-corrected chi connectivity index (χ3v) is 3.20. The smallest absolute Gasteiger partial charge is 0.137 e. The Kier molecular flexibility index (Phi) is 5.81. The lowest BCUT2D eigenvalue weighted by atomic mass is 10.2. The predicted molar refractivity (Wildman–Crippen MR) is 68.9 cm³/mol. The van der Waals surface area contributed by atoms with Gasteiger partial charge in [-0.25, -0.2) is 0 Å². The fraction of sp³-hybridized carbons (Fsp3) is 0.462. The first-order valence-corrected chi connectivity index (χ1v) is 6.52. The molecular weight excluding hydrogens is 218 g/mol. The van der Waals surface area contributed by atoms with E-state index in [0.29, 0.717) is 23.2 Å². The normalized spacial score (nSPS) is 10.1. The topological polar surface area (TPSA) is 33.0 Å². The Bertz CT molecular complexity index is 357. The lowest BCUT2D eigenvalue weighted by Gasteiger charge is -2.08. The zero-order valence-electron chi connectivity index (χ0n) is 9.77. The maximum Gasteiger partial charge on any atom is 0.137 e. The number of nitriles is 1. The molecule has 1 aromatic carbocycles. The van der Waals surface area contributed by atoms with E-state index >= 15 is 0 Å². The Morgan fingerprint density at radius 2 is 2.12 bits per heavy atom. The zero-order valence-corrected chi connectivity index (χ0v) is 10.6. The van der Waals surface area contributed by atoms with Gasteiger partial charge in [0.15, 0.2) is 0 Å². The highest BCUT2D eigenvalue weighted by Gasteiger charge is 2.01. The summed E-state index contributed by atoms with van der Waals surface area (Å²) < 4.78 is 5.57. The van der Waals surface area contributed by atoms with Crippen LogP contribution in [-0.2, 0) is 0 Å². The fourth-order valence-corrected chi connectivity index (χ4v) is 2.00. The molecule has 0 aliphatic rings. The zero-order chi connectivity index (χ0) is 11.8. The molecule has 0 unspecified atom stereocenters. The first-order valence-electron chi connectivity index (χ1n) is 5.47. The molecular formula is C13H17NOS. The molecule has 0 saturated carbocycles. The molecule has 16 heavy (non-hydrogen) atoms. The Hall–Kier alpha value is -1.14. The number of nitrogens with zero attached hydrogens (tertiary/aromatic N) is 1. The fourth-order valence-electron chi connectivity index (χ4n) is 1.24. The van der Waals surface area contributed by atoms with Gasteiger partial charge in [-0.1, -0.05) is 26.0 Å². The van der Waals surface area contributed by atoms with Crippen molar-refractivity contribution in [3.05, 3.63) is 29.8 Å². The van der Waals surface area contributed by atoms with Crippen molar-refractivity contribution in [3.63, 3.8) is 0 Å². The second-order valence-electron chi connectivity index (χ2n) is 3.73. The minimum absolute atomic E-state index is 0.610. The Balaban J connectivity index is 2.30. The van der Waals surface area contributed by atoms with E-state index in [1.54, 1.807) is 6.07 Å². The van der Waals surface area contributed by atoms with Crippen molar-refractivity contribution in [2.75, 3.05) is 12.4 Å². The highest BCUT2D eigenvalue weighted by Crippen LogP contribution is 2.17. The summed E-state index contributed by atoms with van der Waals surface area (Å²) in [5, 5.41) is 9.53. The minimum Gasteiger partial charge on any atom is -0.492 e. The van der Waals surface area contributed by atoms with Crippen LogP contribution in [0, 0.1) is 11.3 Å². The van der Waals surface area contributed by atoms with E-state index in [1.807, 2.05) is 30.0 Å². The summed E-state index contributed by atoms with van der Waals surface area (Å²) in [7, 11) is 0. The van der Waals surface area contributed by atoms with Crippen molar-refractivity contribution in [1.29, 1.82) is 5.26 Å². The molecule has 0 radical (unpaired) electrons. The third-order valence-electron chi connectivity index (χ3n) is 2.00. The summed E-state index contributed by atoms with van der Waals surface area (Å²) in [6, 6.07) is 9.48. The molecule has 0 fully saturated rings.